The lowest BCUT2D eigenvalue weighted by molar-refractivity contribution is 0.00578. The molecule has 0 aromatic rings. The van der Waals surface area contributed by atoms with Crippen LogP contribution in [0.25, 0.3) is 0 Å². The van der Waals surface area contributed by atoms with Gasteiger partial charge in [0.05, 0.1) is 17.4 Å². The van der Waals surface area contributed by atoms with Gasteiger partial charge in [-0.15, -0.1) is 0 Å². The summed E-state index contributed by atoms with van der Waals surface area (Å²) in [7, 11) is 0.682. The van der Waals surface area contributed by atoms with Gasteiger partial charge in [-0.3, -0.25) is 4.99 Å². The summed E-state index contributed by atoms with van der Waals surface area (Å²) >= 11 is 0. The van der Waals surface area contributed by atoms with Crippen LogP contribution < -0.4 is 0 Å². The summed E-state index contributed by atoms with van der Waals surface area (Å²) < 4.78 is 31.6. The summed E-state index contributed by atoms with van der Waals surface area (Å²) in [6.07, 6.45) is 1.51. The molecule has 1 saturated heterocycles. The van der Waals surface area contributed by atoms with E-state index in [1.165, 1.54) is 13.3 Å². The maximum atomic E-state index is 14.3. The largest absolute Gasteiger partial charge is 0.500 e. The zero-order chi connectivity index (χ0) is 14.5. The van der Waals surface area contributed by atoms with Gasteiger partial charge in [0.2, 0.25) is 0 Å². The van der Waals surface area contributed by atoms with Crippen LogP contribution in [0.15, 0.2) is 17.0 Å². The molecule has 6 heteroatoms. The number of nitrogens with zero attached hydrogens (tertiary/aromatic N) is 1. The first-order chi connectivity index (χ1) is 8.64. The van der Waals surface area contributed by atoms with Crippen molar-refractivity contribution in [2.75, 3.05) is 7.11 Å². The molecule has 1 atom stereocenters. The molecule has 0 aromatic carbocycles. The molecule has 0 aliphatic carbocycles. The molecule has 0 amide bonds. The molecule has 2 aliphatic heterocycles. The van der Waals surface area contributed by atoms with Crippen LogP contribution in [0.5, 0.6) is 0 Å². The molecule has 2 rings (SSSR count). The van der Waals surface area contributed by atoms with E-state index >= 15 is 0 Å². The highest BCUT2D eigenvalue weighted by molar-refractivity contribution is 6.51. The standard InChI is InChI=1S/C13H21BFNO3/c1-9-7-13(17-6,10(15)8-16-9)14-18-11(2,3)12(4,5)19-14/h8H,7H2,1-6H3. The SMILES string of the molecule is COC1(B2OC(C)(C)C(C)(C)O2)CC(C)=NC=C1F. The topological polar surface area (TPSA) is 40.0 Å². The van der Waals surface area contributed by atoms with Crippen LogP contribution in [0.2, 0.25) is 0 Å². The summed E-state index contributed by atoms with van der Waals surface area (Å²) in [5, 5.41) is 0. The second-order valence-corrected chi connectivity index (χ2v) is 6.20. The lowest BCUT2D eigenvalue weighted by Crippen LogP contribution is -2.52. The number of hydrogen-bond donors (Lipinski definition) is 0. The van der Waals surface area contributed by atoms with Crippen LogP contribution in [0.1, 0.15) is 41.0 Å². The summed E-state index contributed by atoms with van der Waals surface area (Å²) in [6.45, 7) is 9.56. The zero-order valence-electron chi connectivity index (χ0n) is 12.4. The number of halogens is 1. The van der Waals surface area contributed by atoms with Crippen molar-refractivity contribution in [3.63, 3.8) is 0 Å². The van der Waals surface area contributed by atoms with Crippen LogP contribution in [0, 0.1) is 0 Å². The molecule has 0 aromatic heterocycles. The Kier molecular flexibility index (Phi) is 3.40. The van der Waals surface area contributed by atoms with Crippen molar-refractivity contribution in [3.05, 3.63) is 12.0 Å². The molecular formula is C13H21BFNO3. The second-order valence-electron chi connectivity index (χ2n) is 6.20. The minimum Gasteiger partial charge on any atom is -0.401 e. The van der Waals surface area contributed by atoms with Gasteiger partial charge in [-0.2, -0.15) is 0 Å². The van der Waals surface area contributed by atoms with E-state index in [1.807, 2.05) is 34.6 Å². The molecule has 0 bridgehead atoms. The number of ether oxygens (including phenoxy) is 1. The molecule has 4 nitrogen and oxygen atoms in total. The second kappa shape index (κ2) is 4.40. The Balaban J connectivity index is 2.36. The average Bonchev–Trinajstić information content (AvgIpc) is 2.52. The Morgan fingerprint density at radius 1 is 1.26 bits per heavy atom. The Bertz CT molecular complexity index is 431. The number of aliphatic imine (C=N–C) groups is 1. The fourth-order valence-corrected chi connectivity index (χ4v) is 2.28. The van der Waals surface area contributed by atoms with Gasteiger partial charge in [-0.05, 0) is 34.6 Å². The van der Waals surface area contributed by atoms with Gasteiger partial charge in [-0.25, -0.2) is 4.39 Å². The third-order valence-corrected chi connectivity index (χ3v) is 4.32. The fraction of sp³-hybridized carbons (Fsp3) is 0.769. The van der Waals surface area contributed by atoms with Crippen molar-refractivity contribution < 1.29 is 18.4 Å². The maximum Gasteiger partial charge on any atom is 0.500 e. The van der Waals surface area contributed by atoms with Crippen molar-refractivity contribution in [3.8, 4) is 0 Å². The highest BCUT2D eigenvalue weighted by Gasteiger charge is 2.62. The predicted octanol–water partition coefficient (Wildman–Crippen LogP) is 2.68. The van der Waals surface area contributed by atoms with E-state index in [2.05, 4.69) is 4.99 Å². The van der Waals surface area contributed by atoms with Gasteiger partial charge in [-0.1, -0.05) is 0 Å². The third-order valence-electron chi connectivity index (χ3n) is 4.32. The Morgan fingerprint density at radius 3 is 2.26 bits per heavy atom. The first kappa shape index (κ1) is 14.7. The molecule has 106 valence electrons. The van der Waals surface area contributed by atoms with E-state index in [0.29, 0.717) is 6.42 Å². The number of rotatable bonds is 2. The highest BCUT2D eigenvalue weighted by atomic mass is 19.1. The number of methoxy groups -OCH3 is 1. The fourth-order valence-electron chi connectivity index (χ4n) is 2.28. The quantitative estimate of drug-likeness (QED) is 0.723. The van der Waals surface area contributed by atoms with E-state index in [0.717, 1.165) is 5.71 Å². The Hall–Kier alpha value is -0.715. The van der Waals surface area contributed by atoms with Crippen LogP contribution in [0.3, 0.4) is 0 Å². The van der Waals surface area contributed by atoms with E-state index in [1.54, 1.807) is 0 Å². The minimum atomic E-state index is -1.24. The van der Waals surface area contributed by atoms with Crippen LogP contribution in [-0.2, 0) is 14.0 Å². The smallest absolute Gasteiger partial charge is 0.401 e. The van der Waals surface area contributed by atoms with Gasteiger partial charge in [0, 0.05) is 19.2 Å². The number of hydrogen-bond acceptors (Lipinski definition) is 4. The summed E-state index contributed by atoms with van der Waals surface area (Å²) in [5.41, 5.74) is -1.49. The molecule has 0 N–H and O–H groups in total. The molecule has 1 unspecified atom stereocenters. The average molecular weight is 269 g/mol. The van der Waals surface area contributed by atoms with Gasteiger partial charge in [0.1, 0.15) is 5.83 Å². The molecule has 0 radical (unpaired) electrons. The first-order valence-corrected chi connectivity index (χ1v) is 6.45. The van der Waals surface area contributed by atoms with Crippen molar-refractivity contribution in [1.82, 2.24) is 0 Å². The molecule has 0 saturated carbocycles. The van der Waals surface area contributed by atoms with Gasteiger partial charge >= 0.3 is 7.12 Å². The van der Waals surface area contributed by atoms with Crippen molar-refractivity contribution in [2.45, 2.75) is 57.7 Å². The van der Waals surface area contributed by atoms with E-state index in [-0.39, 0.29) is 0 Å². The van der Waals surface area contributed by atoms with E-state index in [4.69, 9.17) is 14.0 Å². The van der Waals surface area contributed by atoms with Gasteiger partial charge < -0.3 is 14.0 Å². The zero-order valence-corrected chi connectivity index (χ0v) is 12.4. The van der Waals surface area contributed by atoms with Crippen LogP contribution in [-0.4, -0.2) is 36.6 Å². The Morgan fingerprint density at radius 2 is 1.79 bits per heavy atom. The predicted molar refractivity (Wildman–Crippen MR) is 72.7 cm³/mol. The molecule has 2 heterocycles. The molecule has 19 heavy (non-hydrogen) atoms. The lowest BCUT2D eigenvalue weighted by atomic mass is 9.63. The van der Waals surface area contributed by atoms with Crippen molar-refractivity contribution in [1.29, 1.82) is 0 Å². The summed E-state index contributed by atoms with van der Waals surface area (Å²) in [4.78, 5) is 3.99. The molecule has 2 aliphatic rings. The Labute approximate surface area is 114 Å². The summed E-state index contributed by atoms with van der Waals surface area (Å²) in [6, 6.07) is 0. The molecule has 0 spiro atoms. The maximum absolute atomic E-state index is 14.3. The first-order valence-electron chi connectivity index (χ1n) is 6.45. The lowest BCUT2D eigenvalue weighted by Gasteiger charge is -2.34. The normalized spacial score (nSPS) is 33.1. The van der Waals surface area contributed by atoms with Gasteiger partial charge in [0.25, 0.3) is 0 Å². The van der Waals surface area contributed by atoms with Crippen molar-refractivity contribution in [2.24, 2.45) is 4.99 Å². The van der Waals surface area contributed by atoms with Gasteiger partial charge in [0.15, 0.2) is 5.50 Å². The minimum absolute atomic E-state index is 0.322. The van der Waals surface area contributed by atoms with E-state index < -0.39 is 29.6 Å². The highest BCUT2D eigenvalue weighted by Crippen LogP contribution is 2.44. The monoisotopic (exact) mass is 269 g/mol. The third kappa shape index (κ3) is 2.16. The summed E-state index contributed by atoms with van der Waals surface area (Å²) in [5.74, 6) is -0.459. The molecule has 1 fully saturated rings. The van der Waals surface area contributed by atoms with Crippen LogP contribution >= 0.6 is 0 Å². The molecular weight excluding hydrogens is 248 g/mol. The van der Waals surface area contributed by atoms with Crippen molar-refractivity contribution >= 4 is 12.8 Å². The van der Waals surface area contributed by atoms with E-state index in [9.17, 15) is 4.39 Å². The van der Waals surface area contributed by atoms with Crippen LogP contribution in [0.4, 0.5) is 4.39 Å².